The fourth-order valence-corrected chi connectivity index (χ4v) is 5.12. The smallest absolute Gasteiger partial charge is 0.264 e. The molecular formula is C27H22ClN3O2S. The molecule has 4 rings (SSSR count). The minimum atomic E-state index is -0.484. The van der Waals surface area contributed by atoms with Gasteiger partial charge in [-0.05, 0) is 48.2 Å². The zero-order valence-corrected chi connectivity index (χ0v) is 19.9. The van der Waals surface area contributed by atoms with E-state index in [9.17, 15) is 14.9 Å². The van der Waals surface area contributed by atoms with Crippen LogP contribution < -0.4 is 10.2 Å². The van der Waals surface area contributed by atoms with Crippen LogP contribution in [0, 0.1) is 11.3 Å². The highest BCUT2D eigenvalue weighted by Gasteiger charge is 2.40. The maximum atomic E-state index is 13.4. The summed E-state index contributed by atoms with van der Waals surface area (Å²) < 4.78 is 0. The van der Waals surface area contributed by atoms with Gasteiger partial charge in [-0.15, -0.1) is 0 Å². The summed E-state index contributed by atoms with van der Waals surface area (Å²) in [6.45, 7) is 0.388. The summed E-state index contributed by atoms with van der Waals surface area (Å²) in [4.78, 5) is 27.9. The highest BCUT2D eigenvalue weighted by molar-refractivity contribution is 8.05. The molecular weight excluding hydrogens is 466 g/mol. The van der Waals surface area contributed by atoms with E-state index < -0.39 is 11.2 Å². The average Bonchev–Trinajstić information content (AvgIpc) is 3.17. The molecule has 1 heterocycles. The van der Waals surface area contributed by atoms with Crippen molar-refractivity contribution in [2.75, 3.05) is 11.4 Å². The minimum absolute atomic E-state index is 0.0612. The van der Waals surface area contributed by atoms with Crippen LogP contribution in [0.15, 0.2) is 95.5 Å². The van der Waals surface area contributed by atoms with E-state index in [1.807, 2.05) is 66.7 Å². The van der Waals surface area contributed by atoms with Gasteiger partial charge in [-0.25, -0.2) is 0 Å². The van der Waals surface area contributed by atoms with Crippen molar-refractivity contribution in [2.24, 2.45) is 0 Å². The number of thioether (sulfide) groups is 1. The molecule has 0 unspecified atom stereocenters. The fraction of sp³-hybridized carbons (Fsp3) is 0.148. The molecule has 3 aromatic rings. The van der Waals surface area contributed by atoms with Crippen molar-refractivity contribution in [2.45, 2.75) is 18.1 Å². The first-order valence-corrected chi connectivity index (χ1v) is 12.1. The summed E-state index contributed by atoms with van der Waals surface area (Å²) in [6, 6.07) is 28.3. The number of nitrogens with one attached hydrogen (secondary N) is 1. The van der Waals surface area contributed by atoms with Crippen molar-refractivity contribution in [3.8, 4) is 6.07 Å². The van der Waals surface area contributed by atoms with Gasteiger partial charge in [-0.3, -0.25) is 14.5 Å². The molecule has 1 saturated heterocycles. The number of benzene rings is 3. The molecule has 0 radical (unpaired) electrons. The number of halogens is 1. The molecule has 1 aliphatic rings. The second-order valence-electron chi connectivity index (χ2n) is 7.73. The topological polar surface area (TPSA) is 73.2 Å². The van der Waals surface area contributed by atoms with E-state index in [1.165, 1.54) is 16.7 Å². The van der Waals surface area contributed by atoms with Crippen LogP contribution in [0.4, 0.5) is 5.69 Å². The quantitative estimate of drug-likeness (QED) is 0.370. The Morgan fingerprint density at radius 3 is 2.26 bits per heavy atom. The van der Waals surface area contributed by atoms with Gasteiger partial charge in [0.1, 0.15) is 16.7 Å². The number of hydrogen-bond acceptors (Lipinski definition) is 4. The molecule has 0 aliphatic carbocycles. The van der Waals surface area contributed by atoms with Gasteiger partial charge in [0.2, 0.25) is 5.91 Å². The normalized spacial score (nSPS) is 16.8. The summed E-state index contributed by atoms with van der Waals surface area (Å²) >= 11 is 7.24. The zero-order valence-electron chi connectivity index (χ0n) is 18.3. The number of amides is 2. The molecule has 1 fully saturated rings. The fourth-order valence-electron chi connectivity index (χ4n) is 3.69. The van der Waals surface area contributed by atoms with Gasteiger partial charge < -0.3 is 5.32 Å². The molecule has 7 heteroatoms. The Morgan fingerprint density at radius 1 is 0.971 bits per heavy atom. The first kappa shape index (κ1) is 23.6. The van der Waals surface area contributed by atoms with Gasteiger partial charge in [0.15, 0.2) is 0 Å². The molecule has 0 bridgehead atoms. The van der Waals surface area contributed by atoms with Crippen LogP contribution in [0.2, 0.25) is 5.02 Å². The summed E-state index contributed by atoms with van der Waals surface area (Å²) in [6.07, 6.45) is 1.11. The maximum absolute atomic E-state index is 13.4. The van der Waals surface area contributed by atoms with Crippen molar-refractivity contribution < 1.29 is 9.59 Å². The Bertz CT molecular complexity index is 1240. The number of nitrogens with zero attached hydrogens (tertiary/aromatic N) is 2. The van der Waals surface area contributed by atoms with Crippen LogP contribution >= 0.6 is 23.4 Å². The number of rotatable bonds is 7. The van der Waals surface area contributed by atoms with Crippen LogP contribution in [0.25, 0.3) is 0 Å². The van der Waals surface area contributed by atoms with Gasteiger partial charge in [0.25, 0.3) is 5.91 Å². The van der Waals surface area contributed by atoms with E-state index in [1.54, 1.807) is 24.3 Å². The number of hydrogen-bond donors (Lipinski definition) is 1. The molecule has 2 amide bonds. The number of para-hydroxylation sites is 1. The van der Waals surface area contributed by atoms with Crippen molar-refractivity contribution in [3.05, 3.63) is 112 Å². The molecule has 1 aliphatic heterocycles. The third-order valence-electron chi connectivity index (χ3n) is 5.40. The Hall–Kier alpha value is -3.53. The summed E-state index contributed by atoms with van der Waals surface area (Å²) in [5.41, 5.74) is 2.61. The van der Waals surface area contributed by atoms with Gasteiger partial charge in [0, 0.05) is 17.3 Å². The SMILES string of the molecule is N#C/C(C(=O)NCCc1ccccc1)=C1/S[C@H](Cc2ccc(Cl)cc2)C(=O)N1c1ccccc1. The highest BCUT2D eigenvalue weighted by Crippen LogP contribution is 2.41. The number of carbonyl (C=O) groups is 2. The summed E-state index contributed by atoms with van der Waals surface area (Å²) in [5.74, 6) is -0.646. The number of nitriles is 1. The van der Waals surface area contributed by atoms with Crippen molar-refractivity contribution in [1.82, 2.24) is 5.32 Å². The van der Waals surface area contributed by atoms with Crippen molar-refractivity contribution >= 4 is 40.9 Å². The lowest BCUT2D eigenvalue weighted by molar-refractivity contribution is -0.117. The predicted octanol–water partition coefficient (Wildman–Crippen LogP) is 5.13. The molecule has 1 atom stereocenters. The summed E-state index contributed by atoms with van der Waals surface area (Å²) in [7, 11) is 0. The van der Waals surface area contributed by atoms with Gasteiger partial charge in [-0.1, -0.05) is 84.0 Å². The van der Waals surface area contributed by atoms with Crippen LogP contribution in [-0.2, 0) is 22.4 Å². The third-order valence-corrected chi connectivity index (χ3v) is 6.91. The predicted molar refractivity (Wildman–Crippen MR) is 136 cm³/mol. The van der Waals surface area contributed by atoms with Crippen LogP contribution in [0.1, 0.15) is 11.1 Å². The second kappa shape index (κ2) is 11.1. The van der Waals surface area contributed by atoms with Crippen LogP contribution in [0.5, 0.6) is 0 Å². The Morgan fingerprint density at radius 2 is 1.62 bits per heavy atom. The lowest BCUT2D eigenvalue weighted by Gasteiger charge is -2.18. The molecule has 170 valence electrons. The van der Waals surface area contributed by atoms with Gasteiger partial charge in [0.05, 0.1) is 5.25 Å². The minimum Gasteiger partial charge on any atom is -0.351 e. The third kappa shape index (κ3) is 5.51. The van der Waals surface area contributed by atoms with E-state index in [-0.39, 0.29) is 11.5 Å². The first-order chi connectivity index (χ1) is 16.6. The largest absolute Gasteiger partial charge is 0.351 e. The molecule has 1 N–H and O–H groups in total. The van der Waals surface area contributed by atoms with Gasteiger partial charge >= 0.3 is 0 Å². The number of carbonyl (C=O) groups excluding carboxylic acids is 2. The average molecular weight is 488 g/mol. The van der Waals surface area contributed by atoms with Crippen molar-refractivity contribution in [1.29, 1.82) is 5.26 Å². The Kier molecular flexibility index (Phi) is 7.69. The zero-order chi connectivity index (χ0) is 23.9. The molecule has 0 saturated carbocycles. The van der Waals surface area contributed by atoms with E-state index in [2.05, 4.69) is 5.32 Å². The molecule has 0 spiro atoms. The van der Waals surface area contributed by atoms with Crippen LogP contribution in [-0.4, -0.2) is 23.6 Å². The summed E-state index contributed by atoms with van der Waals surface area (Å²) in [5, 5.41) is 13.2. The Balaban J connectivity index is 1.59. The molecule has 0 aromatic heterocycles. The number of anilines is 1. The lowest BCUT2D eigenvalue weighted by atomic mass is 10.1. The van der Waals surface area contributed by atoms with E-state index >= 15 is 0 Å². The Labute approximate surface area is 208 Å². The van der Waals surface area contributed by atoms with E-state index in [0.717, 1.165) is 11.1 Å². The van der Waals surface area contributed by atoms with Crippen molar-refractivity contribution in [3.63, 3.8) is 0 Å². The standard InChI is InChI=1S/C27H22ClN3O2S/c28-21-13-11-20(12-14-21)17-24-26(33)31(22-9-5-2-6-10-22)27(34-24)23(18-29)25(32)30-16-15-19-7-3-1-4-8-19/h1-14,24H,15-17H2,(H,30,32)/b27-23-/t24-/m1/s1. The highest BCUT2D eigenvalue weighted by atomic mass is 35.5. The lowest BCUT2D eigenvalue weighted by Crippen LogP contribution is -2.32. The molecule has 34 heavy (non-hydrogen) atoms. The monoisotopic (exact) mass is 487 g/mol. The second-order valence-corrected chi connectivity index (χ2v) is 9.36. The van der Waals surface area contributed by atoms with E-state index in [4.69, 9.17) is 11.6 Å². The van der Waals surface area contributed by atoms with Crippen LogP contribution in [0.3, 0.4) is 0 Å². The van der Waals surface area contributed by atoms with Gasteiger partial charge in [-0.2, -0.15) is 5.26 Å². The molecule has 3 aromatic carbocycles. The maximum Gasteiger partial charge on any atom is 0.264 e. The molecule has 5 nitrogen and oxygen atoms in total. The first-order valence-electron chi connectivity index (χ1n) is 10.8. The van der Waals surface area contributed by atoms with E-state index in [0.29, 0.717) is 35.1 Å².